The highest BCUT2D eigenvalue weighted by molar-refractivity contribution is 6.08. The standard InChI is InChI=1S/C15H13NO3/c1-18-15(17)14(16)10-6-4-8-12-13(10)9-5-2-3-7-11(9)19-12/h2-8,14H,16H2,1H3. The van der Waals surface area contributed by atoms with Crippen molar-refractivity contribution in [3.63, 3.8) is 0 Å². The van der Waals surface area contributed by atoms with Crippen LogP contribution >= 0.6 is 0 Å². The zero-order valence-corrected chi connectivity index (χ0v) is 10.4. The van der Waals surface area contributed by atoms with Crippen LogP contribution in [0, 0.1) is 0 Å². The van der Waals surface area contributed by atoms with Crippen molar-refractivity contribution in [1.82, 2.24) is 0 Å². The van der Waals surface area contributed by atoms with Crippen LogP contribution in [-0.4, -0.2) is 13.1 Å². The van der Waals surface area contributed by atoms with E-state index in [-0.39, 0.29) is 0 Å². The van der Waals surface area contributed by atoms with Gasteiger partial charge in [-0.3, -0.25) is 4.79 Å². The van der Waals surface area contributed by atoms with Gasteiger partial charge in [-0.1, -0.05) is 30.3 Å². The second kappa shape index (κ2) is 4.40. The molecule has 2 N–H and O–H groups in total. The molecule has 0 aliphatic carbocycles. The molecule has 0 aliphatic rings. The lowest BCUT2D eigenvalue weighted by Gasteiger charge is -2.10. The lowest BCUT2D eigenvalue weighted by atomic mass is 10.0. The van der Waals surface area contributed by atoms with Crippen molar-refractivity contribution in [2.75, 3.05) is 7.11 Å². The third kappa shape index (κ3) is 1.77. The van der Waals surface area contributed by atoms with E-state index in [1.165, 1.54) is 7.11 Å². The van der Waals surface area contributed by atoms with Crippen LogP contribution < -0.4 is 5.73 Å². The van der Waals surface area contributed by atoms with Gasteiger partial charge < -0.3 is 14.9 Å². The van der Waals surface area contributed by atoms with Gasteiger partial charge in [-0.05, 0) is 17.7 Å². The molecule has 0 spiro atoms. The molecule has 1 unspecified atom stereocenters. The second-order valence-electron chi connectivity index (χ2n) is 4.32. The van der Waals surface area contributed by atoms with Gasteiger partial charge in [-0.25, -0.2) is 0 Å². The van der Waals surface area contributed by atoms with Crippen molar-refractivity contribution in [1.29, 1.82) is 0 Å². The fraction of sp³-hybridized carbons (Fsp3) is 0.133. The highest BCUT2D eigenvalue weighted by atomic mass is 16.5. The average molecular weight is 255 g/mol. The molecule has 1 heterocycles. The van der Waals surface area contributed by atoms with E-state index < -0.39 is 12.0 Å². The first-order valence-electron chi connectivity index (χ1n) is 5.96. The molecular formula is C15H13NO3. The number of hydrogen-bond donors (Lipinski definition) is 1. The predicted octanol–water partition coefficient (Wildman–Crippen LogP) is 2.76. The van der Waals surface area contributed by atoms with Crippen LogP contribution in [0.15, 0.2) is 46.9 Å². The van der Waals surface area contributed by atoms with Crippen LogP contribution in [0.4, 0.5) is 0 Å². The zero-order chi connectivity index (χ0) is 13.4. The summed E-state index contributed by atoms with van der Waals surface area (Å²) in [6, 6.07) is 12.4. The van der Waals surface area contributed by atoms with E-state index >= 15 is 0 Å². The number of methoxy groups -OCH3 is 1. The third-order valence-corrected chi connectivity index (χ3v) is 3.22. The van der Waals surface area contributed by atoms with Gasteiger partial charge in [0.05, 0.1) is 7.11 Å². The fourth-order valence-electron chi connectivity index (χ4n) is 2.32. The van der Waals surface area contributed by atoms with Gasteiger partial charge in [0.1, 0.15) is 17.2 Å². The smallest absolute Gasteiger partial charge is 0.327 e. The molecule has 0 bridgehead atoms. The summed E-state index contributed by atoms with van der Waals surface area (Å²) in [5.41, 5.74) is 8.17. The van der Waals surface area contributed by atoms with Gasteiger partial charge >= 0.3 is 5.97 Å². The fourth-order valence-corrected chi connectivity index (χ4v) is 2.32. The van der Waals surface area contributed by atoms with Crippen LogP contribution in [0.1, 0.15) is 11.6 Å². The molecule has 19 heavy (non-hydrogen) atoms. The predicted molar refractivity (Wildman–Crippen MR) is 72.7 cm³/mol. The van der Waals surface area contributed by atoms with Crippen LogP contribution in [-0.2, 0) is 9.53 Å². The van der Waals surface area contributed by atoms with Crippen LogP contribution in [0.5, 0.6) is 0 Å². The normalized spacial score (nSPS) is 12.7. The Bertz CT molecular complexity index is 760. The van der Waals surface area contributed by atoms with E-state index in [0.717, 1.165) is 21.9 Å². The van der Waals surface area contributed by atoms with Crippen molar-refractivity contribution >= 4 is 27.9 Å². The van der Waals surface area contributed by atoms with E-state index in [9.17, 15) is 4.79 Å². The summed E-state index contributed by atoms with van der Waals surface area (Å²) in [6.07, 6.45) is 0. The first kappa shape index (κ1) is 11.7. The topological polar surface area (TPSA) is 65.5 Å². The molecule has 0 aliphatic heterocycles. The van der Waals surface area contributed by atoms with Crippen molar-refractivity contribution in [3.8, 4) is 0 Å². The number of hydrogen-bond acceptors (Lipinski definition) is 4. The molecule has 2 aromatic carbocycles. The number of nitrogens with two attached hydrogens (primary N) is 1. The molecule has 0 saturated carbocycles. The number of furan rings is 1. The first-order valence-corrected chi connectivity index (χ1v) is 5.96. The van der Waals surface area contributed by atoms with Crippen molar-refractivity contribution in [2.24, 2.45) is 5.73 Å². The van der Waals surface area contributed by atoms with Gasteiger partial charge in [0.25, 0.3) is 0 Å². The molecule has 0 amide bonds. The minimum absolute atomic E-state index is 0.460. The second-order valence-corrected chi connectivity index (χ2v) is 4.32. The molecule has 4 heteroatoms. The van der Waals surface area contributed by atoms with Crippen molar-refractivity contribution in [3.05, 3.63) is 48.0 Å². The Morgan fingerprint density at radius 1 is 1.16 bits per heavy atom. The monoisotopic (exact) mass is 255 g/mol. The quantitative estimate of drug-likeness (QED) is 0.715. The number of ether oxygens (including phenoxy) is 1. The van der Waals surface area contributed by atoms with Gasteiger partial charge in [-0.2, -0.15) is 0 Å². The molecular weight excluding hydrogens is 242 g/mol. The van der Waals surface area contributed by atoms with Crippen LogP contribution in [0.2, 0.25) is 0 Å². The summed E-state index contributed by atoms with van der Waals surface area (Å²) >= 11 is 0. The molecule has 0 fully saturated rings. The summed E-state index contributed by atoms with van der Waals surface area (Å²) in [6.45, 7) is 0. The maximum atomic E-state index is 11.6. The summed E-state index contributed by atoms with van der Waals surface area (Å²) in [5, 5.41) is 1.82. The lowest BCUT2D eigenvalue weighted by molar-refractivity contribution is -0.142. The van der Waals surface area contributed by atoms with E-state index in [4.69, 9.17) is 14.9 Å². The Kier molecular flexibility index (Phi) is 2.72. The molecule has 4 nitrogen and oxygen atoms in total. The number of carbonyl (C=O) groups is 1. The van der Waals surface area contributed by atoms with Gasteiger partial charge in [-0.15, -0.1) is 0 Å². The number of esters is 1. The highest BCUT2D eigenvalue weighted by Gasteiger charge is 2.21. The summed E-state index contributed by atoms with van der Waals surface area (Å²) < 4.78 is 10.5. The lowest BCUT2D eigenvalue weighted by Crippen LogP contribution is -2.22. The molecule has 3 rings (SSSR count). The number of fused-ring (bicyclic) bond motifs is 3. The molecule has 0 radical (unpaired) electrons. The minimum Gasteiger partial charge on any atom is -0.468 e. The Balaban J connectivity index is 2.33. The molecule has 3 aromatic rings. The number of carbonyl (C=O) groups excluding carboxylic acids is 1. The van der Waals surface area contributed by atoms with Gasteiger partial charge in [0, 0.05) is 10.8 Å². The van der Waals surface area contributed by atoms with Crippen molar-refractivity contribution < 1.29 is 13.9 Å². The largest absolute Gasteiger partial charge is 0.468 e. The molecule has 0 saturated heterocycles. The Labute approximate surface area is 109 Å². The first-order chi connectivity index (χ1) is 9.22. The molecule has 96 valence electrons. The molecule has 1 aromatic heterocycles. The number of benzene rings is 2. The molecule has 1 atom stereocenters. The Morgan fingerprint density at radius 3 is 2.68 bits per heavy atom. The highest BCUT2D eigenvalue weighted by Crippen LogP contribution is 2.33. The SMILES string of the molecule is COC(=O)C(N)c1cccc2oc3ccccc3c12. The van der Waals surface area contributed by atoms with E-state index in [1.807, 2.05) is 42.5 Å². The summed E-state index contributed by atoms with van der Waals surface area (Å²) in [4.78, 5) is 11.6. The number of rotatable bonds is 2. The van der Waals surface area contributed by atoms with Crippen LogP contribution in [0.25, 0.3) is 21.9 Å². The van der Waals surface area contributed by atoms with E-state index in [0.29, 0.717) is 5.56 Å². The Morgan fingerprint density at radius 2 is 1.89 bits per heavy atom. The van der Waals surface area contributed by atoms with Crippen molar-refractivity contribution in [2.45, 2.75) is 6.04 Å². The maximum Gasteiger partial charge on any atom is 0.327 e. The van der Waals surface area contributed by atoms with Gasteiger partial charge in [0.15, 0.2) is 0 Å². The summed E-state index contributed by atoms with van der Waals surface area (Å²) in [5.74, 6) is -0.460. The van der Waals surface area contributed by atoms with Crippen LogP contribution in [0.3, 0.4) is 0 Å². The average Bonchev–Trinajstić information content (AvgIpc) is 2.84. The number of para-hydroxylation sites is 1. The Hall–Kier alpha value is -2.33. The zero-order valence-electron chi connectivity index (χ0n) is 10.4. The van der Waals surface area contributed by atoms with E-state index in [1.54, 1.807) is 0 Å². The minimum atomic E-state index is -0.810. The maximum absolute atomic E-state index is 11.6. The van der Waals surface area contributed by atoms with E-state index in [2.05, 4.69) is 0 Å². The third-order valence-electron chi connectivity index (χ3n) is 3.22. The summed E-state index contributed by atoms with van der Waals surface area (Å²) in [7, 11) is 1.33. The van der Waals surface area contributed by atoms with Gasteiger partial charge in [0.2, 0.25) is 0 Å².